The van der Waals surface area contributed by atoms with Gasteiger partial charge in [-0.2, -0.15) is 5.26 Å². The molecule has 2 rings (SSSR count). The van der Waals surface area contributed by atoms with E-state index in [9.17, 15) is 4.79 Å². The molecule has 94 valence electrons. The first-order chi connectivity index (χ1) is 8.61. The molecule has 0 aliphatic carbocycles. The van der Waals surface area contributed by atoms with Crippen molar-refractivity contribution in [1.82, 2.24) is 9.88 Å². The van der Waals surface area contributed by atoms with Gasteiger partial charge in [-0.3, -0.25) is 4.79 Å². The standard InChI is InChI=1S/C12H11BrClN3O/c13-9-4-10(11(14)16-6-9)12(18)17-3-1-2-8(5-15)7-17/h4,6,8H,1-3,7H2. The van der Waals surface area contributed by atoms with Crippen LogP contribution < -0.4 is 0 Å². The summed E-state index contributed by atoms with van der Waals surface area (Å²) in [5, 5.41) is 9.12. The van der Waals surface area contributed by atoms with E-state index in [1.807, 2.05) is 0 Å². The van der Waals surface area contributed by atoms with Crippen molar-refractivity contribution in [2.45, 2.75) is 12.8 Å². The molecule has 0 spiro atoms. The molecule has 1 unspecified atom stereocenters. The van der Waals surface area contributed by atoms with E-state index in [0.29, 0.717) is 23.1 Å². The van der Waals surface area contributed by atoms with Gasteiger partial charge in [-0.05, 0) is 34.8 Å². The summed E-state index contributed by atoms with van der Waals surface area (Å²) in [5.74, 6) is -0.240. The quantitative estimate of drug-likeness (QED) is 0.745. The average Bonchev–Trinajstić information content (AvgIpc) is 2.41. The van der Waals surface area contributed by atoms with Gasteiger partial charge in [0.15, 0.2) is 0 Å². The van der Waals surface area contributed by atoms with Crippen molar-refractivity contribution in [1.29, 1.82) is 5.26 Å². The fourth-order valence-corrected chi connectivity index (χ4v) is 2.53. The molecule has 6 heteroatoms. The summed E-state index contributed by atoms with van der Waals surface area (Å²) in [4.78, 5) is 17.9. The van der Waals surface area contributed by atoms with E-state index in [0.717, 1.165) is 12.8 Å². The van der Waals surface area contributed by atoms with E-state index in [4.69, 9.17) is 16.9 Å². The zero-order valence-corrected chi connectivity index (χ0v) is 11.9. The molecule has 18 heavy (non-hydrogen) atoms. The largest absolute Gasteiger partial charge is 0.337 e. The number of nitriles is 1. The summed E-state index contributed by atoms with van der Waals surface area (Å²) in [6.07, 6.45) is 3.25. The fourth-order valence-electron chi connectivity index (χ4n) is 2.01. The first-order valence-corrected chi connectivity index (χ1v) is 6.79. The maximum absolute atomic E-state index is 12.3. The SMILES string of the molecule is N#CC1CCCN(C(=O)c2cc(Br)cnc2Cl)C1. The van der Waals surface area contributed by atoms with Crippen molar-refractivity contribution in [2.75, 3.05) is 13.1 Å². The number of carbonyl (C=O) groups is 1. The number of halogens is 2. The third-order valence-corrected chi connectivity index (χ3v) is 3.66. The highest BCUT2D eigenvalue weighted by Gasteiger charge is 2.25. The molecule has 4 nitrogen and oxygen atoms in total. The first-order valence-electron chi connectivity index (χ1n) is 5.61. The van der Waals surface area contributed by atoms with Crippen molar-refractivity contribution < 1.29 is 4.79 Å². The van der Waals surface area contributed by atoms with Gasteiger partial charge in [0.05, 0.1) is 17.6 Å². The monoisotopic (exact) mass is 327 g/mol. The van der Waals surface area contributed by atoms with Crippen LogP contribution in [0, 0.1) is 17.2 Å². The minimum absolute atomic E-state index is 0.0819. The second-order valence-electron chi connectivity index (χ2n) is 4.21. The molecular formula is C12H11BrClN3O. The van der Waals surface area contributed by atoms with Gasteiger partial charge in [-0.15, -0.1) is 0 Å². The number of likely N-dealkylation sites (tertiary alicyclic amines) is 1. The number of pyridine rings is 1. The van der Waals surface area contributed by atoms with E-state index in [1.165, 1.54) is 0 Å². The lowest BCUT2D eigenvalue weighted by Crippen LogP contribution is -2.39. The molecule has 1 aromatic heterocycles. The Balaban J connectivity index is 2.21. The summed E-state index contributed by atoms with van der Waals surface area (Å²) in [6.45, 7) is 1.14. The van der Waals surface area contributed by atoms with Crippen molar-refractivity contribution in [3.05, 3.63) is 27.5 Å². The maximum atomic E-state index is 12.3. The Bertz CT molecular complexity index is 515. The fraction of sp³-hybridized carbons (Fsp3) is 0.417. The van der Waals surface area contributed by atoms with Crippen LogP contribution in [-0.4, -0.2) is 28.9 Å². The summed E-state index contributed by atoms with van der Waals surface area (Å²) >= 11 is 9.21. The van der Waals surface area contributed by atoms with E-state index in [-0.39, 0.29) is 17.0 Å². The Morgan fingerprint density at radius 1 is 1.67 bits per heavy atom. The molecule has 1 atom stereocenters. The normalized spacial score (nSPS) is 19.4. The van der Waals surface area contributed by atoms with Gasteiger partial charge in [-0.1, -0.05) is 11.6 Å². The molecule has 0 bridgehead atoms. The molecule has 1 aliphatic heterocycles. The van der Waals surface area contributed by atoms with Gasteiger partial charge in [0.2, 0.25) is 0 Å². The number of aromatic nitrogens is 1. The third-order valence-electron chi connectivity index (χ3n) is 2.93. The summed E-state index contributed by atoms with van der Waals surface area (Å²) in [6, 6.07) is 3.87. The zero-order chi connectivity index (χ0) is 13.1. The Morgan fingerprint density at radius 2 is 2.44 bits per heavy atom. The van der Waals surface area contributed by atoms with E-state index in [2.05, 4.69) is 27.0 Å². The Kier molecular flexibility index (Phi) is 4.20. The van der Waals surface area contributed by atoms with Crippen molar-refractivity contribution in [3.8, 4) is 6.07 Å². The van der Waals surface area contributed by atoms with Crippen LogP contribution in [0.25, 0.3) is 0 Å². The maximum Gasteiger partial charge on any atom is 0.257 e. The summed E-state index contributed by atoms with van der Waals surface area (Å²) in [5.41, 5.74) is 0.379. The molecule has 0 radical (unpaired) electrons. The smallest absolute Gasteiger partial charge is 0.257 e. The number of hydrogen-bond donors (Lipinski definition) is 0. The lowest BCUT2D eigenvalue weighted by molar-refractivity contribution is 0.0698. The molecule has 1 amide bonds. The lowest BCUT2D eigenvalue weighted by atomic mass is 9.99. The van der Waals surface area contributed by atoms with Crippen molar-refractivity contribution >= 4 is 33.4 Å². The summed E-state index contributed by atoms with van der Waals surface area (Å²) in [7, 11) is 0. The van der Waals surface area contributed by atoms with Crippen LogP contribution in [0.1, 0.15) is 23.2 Å². The van der Waals surface area contributed by atoms with Crippen LogP contribution in [0.5, 0.6) is 0 Å². The summed E-state index contributed by atoms with van der Waals surface area (Å²) < 4.78 is 0.712. The number of nitrogens with zero attached hydrogens (tertiary/aromatic N) is 3. The Hall–Kier alpha value is -1.12. The molecule has 0 saturated carbocycles. The number of hydrogen-bond acceptors (Lipinski definition) is 3. The molecule has 1 saturated heterocycles. The van der Waals surface area contributed by atoms with Crippen molar-refractivity contribution in [3.63, 3.8) is 0 Å². The van der Waals surface area contributed by atoms with Crippen LogP contribution in [0.4, 0.5) is 0 Å². The van der Waals surface area contributed by atoms with Crippen LogP contribution in [0.2, 0.25) is 5.15 Å². The van der Waals surface area contributed by atoms with Gasteiger partial charge >= 0.3 is 0 Å². The highest BCUT2D eigenvalue weighted by atomic mass is 79.9. The zero-order valence-electron chi connectivity index (χ0n) is 9.57. The Morgan fingerprint density at radius 3 is 3.17 bits per heavy atom. The highest BCUT2D eigenvalue weighted by molar-refractivity contribution is 9.10. The van der Waals surface area contributed by atoms with Gasteiger partial charge in [0, 0.05) is 23.8 Å². The van der Waals surface area contributed by atoms with Gasteiger partial charge < -0.3 is 4.90 Å². The number of carbonyl (C=O) groups excluding carboxylic acids is 1. The third kappa shape index (κ3) is 2.82. The van der Waals surface area contributed by atoms with E-state index < -0.39 is 0 Å². The van der Waals surface area contributed by atoms with Gasteiger partial charge in [-0.25, -0.2) is 4.98 Å². The predicted octanol–water partition coefficient (Wildman–Crippen LogP) is 2.87. The van der Waals surface area contributed by atoms with Crippen LogP contribution in [0.15, 0.2) is 16.7 Å². The van der Waals surface area contributed by atoms with Crippen LogP contribution in [-0.2, 0) is 0 Å². The minimum atomic E-state index is -0.159. The molecule has 0 aromatic carbocycles. The lowest BCUT2D eigenvalue weighted by Gasteiger charge is -2.29. The Labute approximate surface area is 119 Å². The van der Waals surface area contributed by atoms with Crippen molar-refractivity contribution in [2.24, 2.45) is 5.92 Å². The molecular weight excluding hydrogens is 318 g/mol. The van der Waals surface area contributed by atoms with E-state index >= 15 is 0 Å². The topological polar surface area (TPSA) is 57.0 Å². The van der Waals surface area contributed by atoms with Gasteiger partial charge in [0.1, 0.15) is 5.15 Å². The second kappa shape index (κ2) is 5.68. The molecule has 1 fully saturated rings. The molecule has 2 heterocycles. The van der Waals surface area contributed by atoms with Gasteiger partial charge in [0.25, 0.3) is 5.91 Å². The number of rotatable bonds is 1. The van der Waals surface area contributed by atoms with E-state index in [1.54, 1.807) is 17.2 Å². The molecule has 1 aliphatic rings. The molecule has 1 aromatic rings. The highest BCUT2D eigenvalue weighted by Crippen LogP contribution is 2.23. The number of piperidine rings is 1. The number of amides is 1. The van der Waals surface area contributed by atoms with Crippen LogP contribution in [0.3, 0.4) is 0 Å². The molecule has 0 N–H and O–H groups in total. The predicted molar refractivity (Wildman–Crippen MR) is 71.2 cm³/mol. The van der Waals surface area contributed by atoms with Crippen LogP contribution >= 0.6 is 27.5 Å². The minimum Gasteiger partial charge on any atom is -0.337 e. The average molecular weight is 329 g/mol. The first kappa shape index (κ1) is 13.3. The second-order valence-corrected chi connectivity index (χ2v) is 5.49.